The maximum atomic E-state index is 2.46. The van der Waals surface area contributed by atoms with Gasteiger partial charge in [0.15, 0.2) is 0 Å². The summed E-state index contributed by atoms with van der Waals surface area (Å²) in [6, 6.07) is 42.7. The third kappa shape index (κ3) is 2.30. The van der Waals surface area contributed by atoms with E-state index in [0.717, 1.165) is 0 Å². The highest BCUT2D eigenvalue weighted by Crippen LogP contribution is 2.42. The molecule has 0 radical (unpaired) electrons. The predicted octanol–water partition coefficient (Wildman–Crippen LogP) is 10.0. The van der Waals surface area contributed by atoms with Gasteiger partial charge < -0.3 is 4.40 Å². The molecule has 0 fully saturated rings. The largest absolute Gasteiger partial charge is 0.308 e. The molecule has 0 unspecified atom stereocenters. The van der Waals surface area contributed by atoms with Gasteiger partial charge in [0.25, 0.3) is 0 Å². The van der Waals surface area contributed by atoms with Crippen LogP contribution in [0.25, 0.3) is 80.2 Å². The molecule has 9 rings (SSSR count). The maximum absolute atomic E-state index is 2.46. The van der Waals surface area contributed by atoms with Crippen molar-refractivity contribution in [3.63, 3.8) is 0 Å². The summed E-state index contributed by atoms with van der Waals surface area (Å²) in [6.45, 7) is 0. The van der Waals surface area contributed by atoms with Crippen LogP contribution < -0.4 is 0 Å². The van der Waals surface area contributed by atoms with E-state index in [2.05, 4.69) is 120 Å². The Balaban J connectivity index is 1.34. The predicted molar refractivity (Wildman–Crippen MR) is 157 cm³/mol. The number of thiophene rings is 1. The minimum Gasteiger partial charge on any atom is -0.308 e. The van der Waals surface area contributed by atoms with Gasteiger partial charge in [-0.05, 0) is 46.2 Å². The first-order chi connectivity index (χ1) is 17.8. The van der Waals surface area contributed by atoms with Gasteiger partial charge in [0.2, 0.25) is 0 Å². The zero-order valence-electron chi connectivity index (χ0n) is 19.3. The monoisotopic (exact) mass is 473 g/mol. The fourth-order valence-corrected chi connectivity index (χ4v) is 7.51. The molecule has 0 aliphatic carbocycles. The van der Waals surface area contributed by atoms with Gasteiger partial charge in [-0.25, -0.2) is 0 Å². The lowest BCUT2D eigenvalue weighted by Crippen LogP contribution is -1.83. The van der Waals surface area contributed by atoms with Crippen LogP contribution in [0.1, 0.15) is 0 Å². The van der Waals surface area contributed by atoms with E-state index in [0.29, 0.717) is 0 Å². The van der Waals surface area contributed by atoms with E-state index in [4.69, 9.17) is 0 Å². The average Bonchev–Trinajstić information content (AvgIpc) is 3.59. The molecule has 36 heavy (non-hydrogen) atoms. The van der Waals surface area contributed by atoms with Crippen molar-refractivity contribution >= 4 is 80.4 Å². The first kappa shape index (κ1) is 18.9. The molecule has 0 N–H and O–H groups in total. The number of hydrogen-bond donors (Lipinski definition) is 0. The lowest BCUT2D eigenvalue weighted by atomic mass is 10.00. The second-order valence-electron chi connectivity index (χ2n) is 9.76. The number of fused-ring (bicyclic) bond motifs is 11. The molecular formula is C34H19NS. The number of aromatic nitrogens is 1. The van der Waals surface area contributed by atoms with Crippen LogP contribution in [0.2, 0.25) is 0 Å². The zero-order chi connectivity index (χ0) is 23.4. The Bertz CT molecular complexity index is 2310. The SMILES string of the molecule is c1ccc2c(c1)ccc1c3cc(-c4ccc5c6cccc7c8ccccc8n(c5c4)c76)ccc3sc21. The van der Waals surface area contributed by atoms with Crippen LogP contribution in [-0.2, 0) is 0 Å². The maximum Gasteiger partial charge on any atom is 0.0620 e. The molecule has 1 nitrogen and oxygen atoms in total. The van der Waals surface area contributed by atoms with Gasteiger partial charge in [0, 0.05) is 41.7 Å². The molecule has 0 saturated heterocycles. The molecule has 2 heteroatoms. The van der Waals surface area contributed by atoms with E-state index in [1.165, 1.54) is 80.2 Å². The van der Waals surface area contributed by atoms with Crippen molar-refractivity contribution in [2.45, 2.75) is 0 Å². The highest BCUT2D eigenvalue weighted by molar-refractivity contribution is 7.26. The van der Waals surface area contributed by atoms with Crippen molar-refractivity contribution in [1.82, 2.24) is 4.40 Å². The molecule has 0 aliphatic heterocycles. The van der Waals surface area contributed by atoms with Crippen LogP contribution in [-0.4, -0.2) is 4.40 Å². The van der Waals surface area contributed by atoms with Crippen LogP contribution in [0.15, 0.2) is 115 Å². The zero-order valence-corrected chi connectivity index (χ0v) is 20.1. The molecule has 0 amide bonds. The van der Waals surface area contributed by atoms with Gasteiger partial charge in [-0.2, -0.15) is 0 Å². The van der Waals surface area contributed by atoms with Crippen molar-refractivity contribution in [1.29, 1.82) is 0 Å². The summed E-state index contributed by atoms with van der Waals surface area (Å²) < 4.78 is 5.19. The van der Waals surface area contributed by atoms with Crippen molar-refractivity contribution in [3.8, 4) is 11.1 Å². The summed E-state index contributed by atoms with van der Waals surface area (Å²) in [4.78, 5) is 0. The first-order valence-electron chi connectivity index (χ1n) is 12.4. The Morgan fingerprint density at radius 2 is 1.14 bits per heavy atom. The van der Waals surface area contributed by atoms with E-state index in [9.17, 15) is 0 Å². The summed E-state index contributed by atoms with van der Waals surface area (Å²) >= 11 is 1.90. The molecule has 0 saturated carbocycles. The second kappa shape index (κ2) is 6.63. The van der Waals surface area contributed by atoms with Crippen LogP contribution in [0, 0.1) is 0 Å². The molecule has 6 aromatic carbocycles. The fraction of sp³-hybridized carbons (Fsp3) is 0. The fourth-order valence-electron chi connectivity index (χ4n) is 6.29. The summed E-state index contributed by atoms with van der Waals surface area (Å²) in [5.74, 6) is 0. The van der Waals surface area contributed by atoms with E-state index >= 15 is 0 Å². The lowest BCUT2D eigenvalue weighted by Gasteiger charge is -2.05. The first-order valence-corrected chi connectivity index (χ1v) is 13.2. The molecule has 0 atom stereocenters. The Labute approximate surface area is 210 Å². The minimum absolute atomic E-state index is 1.26. The molecule has 0 spiro atoms. The third-order valence-corrected chi connectivity index (χ3v) is 9.14. The Morgan fingerprint density at radius 3 is 2.06 bits per heavy atom. The topological polar surface area (TPSA) is 4.41 Å². The molecule has 3 heterocycles. The van der Waals surface area contributed by atoms with E-state index in [-0.39, 0.29) is 0 Å². The quantitative estimate of drug-likeness (QED) is 0.223. The van der Waals surface area contributed by atoms with Gasteiger partial charge in [0.05, 0.1) is 16.6 Å². The highest BCUT2D eigenvalue weighted by Gasteiger charge is 2.17. The van der Waals surface area contributed by atoms with Gasteiger partial charge in [0.1, 0.15) is 0 Å². The standard InChI is InChI=1S/C34H19NS/c1-2-7-23-20(6-1)12-16-28-29-18-21(14-17-32(29)36-34(23)28)22-13-15-25-27-10-5-9-26-24-8-3-4-11-30(24)35(33(26)27)31(25)19-22/h1-19H. The van der Waals surface area contributed by atoms with Gasteiger partial charge in [-0.3, -0.25) is 0 Å². The van der Waals surface area contributed by atoms with Crippen LogP contribution in [0.5, 0.6) is 0 Å². The summed E-state index contributed by atoms with van der Waals surface area (Å²) in [5.41, 5.74) is 6.41. The normalized spacial score (nSPS) is 12.4. The Kier molecular flexibility index (Phi) is 3.47. The minimum atomic E-state index is 1.26. The number of nitrogens with zero attached hydrogens (tertiary/aromatic N) is 1. The van der Waals surface area contributed by atoms with Crippen molar-refractivity contribution in [2.24, 2.45) is 0 Å². The lowest BCUT2D eigenvalue weighted by molar-refractivity contribution is 1.37. The highest BCUT2D eigenvalue weighted by atomic mass is 32.1. The number of para-hydroxylation sites is 2. The van der Waals surface area contributed by atoms with Crippen LogP contribution in [0.3, 0.4) is 0 Å². The Hall–Kier alpha value is -4.40. The van der Waals surface area contributed by atoms with Crippen molar-refractivity contribution < 1.29 is 0 Å². The molecule has 0 bridgehead atoms. The molecule has 9 aromatic rings. The van der Waals surface area contributed by atoms with Crippen molar-refractivity contribution in [3.05, 3.63) is 115 Å². The van der Waals surface area contributed by atoms with Crippen LogP contribution >= 0.6 is 11.3 Å². The van der Waals surface area contributed by atoms with E-state index in [1.54, 1.807) is 0 Å². The van der Waals surface area contributed by atoms with Gasteiger partial charge in [-0.15, -0.1) is 11.3 Å². The average molecular weight is 474 g/mol. The summed E-state index contributed by atoms with van der Waals surface area (Å²) in [5, 5.41) is 10.6. The number of rotatable bonds is 1. The van der Waals surface area contributed by atoms with E-state index < -0.39 is 0 Å². The van der Waals surface area contributed by atoms with E-state index in [1.807, 2.05) is 11.3 Å². The summed E-state index contributed by atoms with van der Waals surface area (Å²) in [6.07, 6.45) is 0. The van der Waals surface area contributed by atoms with Crippen molar-refractivity contribution in [2.75, 3.05) is 0 Å². The number of benzene rings is 6. The third-order valence-electron chi connectivity index (χ3n) is 7.92. The molecule has 0 aliphatic rings. The second-order valence-corrected chi connectivity index (χ2v) is 10.8. The molecular weight excluding hydrogens is 454 g/mol. The smallest absolute Gasteiger partial charge is 0.0620 e. The number of hydrogen-bond acceptors (Lipinski definition) is 1. The molecule has 166 valence electrons. The van der Waals surface area contributed by atoms with Crippen LogP contribution in [0.4, 0.5) is 0 Å². The molecule has 3 aromatic heterocycles. The Morgan fingerprint density at radius 1 is 0.444 bits per heavy atom. The van der Waals surface area contributed by atoms with Gasteiger partial charge >= 0.3 is 0 Å². The van der Waals surface area contributed by atoms with Gasteiger partial charge in [-0.1, -0.05) is 91.0 Å². The summed E-state index contributed by atoms with van der Waals surface area (Å²) in [7, 11) is 0.